The topological polar surface area (TPSA) is 65.1 Å². The van der Waals surface area contributed by atoms with Crippen LogP contribution in [0.1, 0.15) is 74.7 Å². The minimum atomic E-state index is -2.05. The Labute approximate surface area is 172 Å². The molecule has 0 aromatic rings. The molecule has 1 saturated carbocycles. The number of fused-ring (bicyclic) bond motifs is 1. The lowest BCUT2D eigenvalue weighted by Gasteiger charge is -2.41. The fourth-order valence-electron chi connectivity index (χ4n) is 3.62. The second-order valence-electron chi connectivity index (χ2n) is 11.4. The quantitative estimate of drug-likeness (QED) is 0.286. The predicted molar refractivity (Wildman–Crippen MR) is 113 cm³/mol. The van der Waals surface area contributed by atoms with E-state index in [1.807, 2.05) is 27.7 Å². The van der Waals surface area contributed by atoms with Crippen LogP contribution < -0.4 is 0 Å². The first kappa shape index (κ1) is 23.6. The van der Waals surface area contributed by atoms with Crippen LogP contribution in [-0.2, 0) is 23.5 Å². The van der Waals surface area contributed by atoms with Gasteiger partial charge in [-0.3, -0.25) is 9.59 Å². The molecule has 6 heteroatoms. The number of rotatable bonds is 3. The molecular weight excluding hydrogens is 372 g/mol. The van der Waals surface area contributed by atoms with Gasteiger partial charge in [-0.1, -0.05) is 27.7 Å². The highest BCUT2D eigenvalue weighted by molar-refractivity contribution is 6.74. The van der Waals surface area contributed by atoms with E-state index >= 15 is 0 Å². The van der Waals surface area contributed by atoms with Crippen LogP contribution in [0.5, 0.6) is 0 Å². The Bertz CT molecular complexity index is 615. The summed E-state index contributed by atoms with van der Waals surface area (Å²) in [4.78, 5) is 26.2. The van der Waals surface area contributed by atoms with Crippen LogP contribution in [0, 0.1) is 11.8 Å². The maximum atomic E-state index is 13.4. The number of carbonyl (C=O) groups is 2. The van der Waals surface area contributed by atoms with Crippen LogP contribution >= 0.6 is 0 Å². The molecule has 1 aliphatic heterocycles. The van der Waals surface area contributed by atoms with Gasteiger partial charge in [0.1, 0.15) is 11.5 Å². The molecular formula is C22H40O5Si. The molecule has 2 aliphatic rings. The van der Waals surface area contributed by atoms with Gasteiger partial charge in [0.15, 0.2) is 14.1 Å². The summed E-state index contributed by atoms with van der Waals surface area (Å²) in [6.45, 7) is 20.5. The molecule has 0 spiro atoms. The molecule has 0 amide bonds. The summed E-state index contributed by atoms with van der Waals surface area (Å²) in [5.41, 5.74) is -0.885. The molecule has 5 nitrogen and oxygen atoms in total. The normalized spacial score (nSPS) is 34.7. The number of carbonyl (C=O) groups excluding carboxylic acids is 2. The van der Waals surface area contributed by atoms with Gasteiger partial charge in [0, 0.05) is 5.92 Å². The SMILES string of the molecule is CC1C(=O)[C@@H](C(=O)OC(C)(C)C)CC2O[C@@]2(C)CC[C@@H]1O[Si](C)(C)C(C)(C)C. The average molecular weight is 413 g/mol. The average Bonchev–Trinajstić information content (AvgIpc) is 3.14. The molecule has 2 fully saturated rings. The van der Waals surface area contributed by atoms with Gasteiger partial charge >= 0.3 is 5.97 Å². The predicted octanol–water partition coefficient (Wildman–Crippen LogP) is 4.88. The zero-order valence-electron chi connectivity index (χ0n) is 19.5. The minimum absolute atomic E-state index is 0.0568. The number of hydrogen-bond acceptors (Lipinski definition) is 5. The lowest BCUT2D eigenvalue weighted by Crippen LogP contribution is -2.47. The van der Waals surface area contributed by atoms with Gasteiger partial charge in [-0.15, -0.1) is 0 Å². The molecule has 2 unspecified atom stereocenters. The van der Waals surface area contributed by atoms with Crippen molar-refractivity contribution in [2.24, 2.45) is 11.8 Å². The number of ether oxygens (including phenoxy) is 2. The standard InChI is InChI=1S/C22H40O5Si/c1-14-16(27-28(9,10)21(5,6)7)11-12-22(8)17(25-22)13-15(18(14)23)19(24)26-20(2,3)4/h14-17H,11-13H2,1-10H3/t14?,15-,16-,17?,22-/m0/s1. The third-order valence-corrected chi connectivity index (χ3v) is 11.2. The van der Waals surface area contributed by atoms with Gasteiger partial charge < -0.3 is 13.9 Å². The zero-order chi connectivity index (χ0) is 21.7. The monoisotopic (exact) mass is 412 g/mol. The number of hydrogen-bond donors (Lipinski definition) is 0. The Kier molecular flexibility index (Phi) is 6.32. The number of ketones is 1. The van der Waals surface area contributed by atoms with E-state index in [1.165, 1.54) is 0 Å². The second kappa shape index (κ2) is 7.51. The van der Waals surface area contributed by atoms with Crippen molar-refractivity contribution in [3.05, 3.63) is 0 Å². The number of esters is 1. The van der Waals surface area contributed by atoms with E-state index in [0.717, 1.165) is 12.8 Å². The van der Waals surface area contributed by atoms with Crippen LogP contribution in [0.2, 0.25) is 18.1 Å². The van der Waals surface area contributed by atoms with E-state index < -0.39 is 25.8 Å². The minimum Gasteiger partial charge on any atom is -0.459 e. The summed E-state index contributed by atoms with van der Waals surface area (Å²) in [5, 5.41) is 0.0568. The molecule has 1 aliphatic carbocycles. The van der Waals surface area contributed by atoms with Crippen molar-refractivity contribution >= 4 is 20.1 Å². The van der Waals surface area contributed by atoms with Gasteiger partial charge in [0.25, 0.3) is 0 Å². The fourth-order valence-corrected chi connectivity index (χ4v) is 5.05. The van der Waals surface area contributed by atoms with E-state index in [4.69, 9.17) is 13.9 Å². The molecule has 0 radical (unpaired) electrons. The Balaban J connectivity index is 2.29. The lowest BCUT2D eigenvalue weighted by molar-refractivity contribution is -0.163. The van der Waals surface area contributed by atoms with Crippen molar-refractivity contribution in [3.63, 3.8) is 0 Å². The molecule has 0 bridgehead atoms. The highest BCUT2D eigenvalue weighted by Gasteiger charge is 2.56. The Morgan fingerprint density at radius 2 is 1.75 bits per heavy atom. The molecule has 0 N–H and O–H groups in total. The molecule has 162 valence electrons. The second-order valence-corrected chi connectivity index (χ2v) is 16.1. The van der Waals surface area contributed by atoms with Gasteiger partial charge in [-0.25, -0.2) is 0 Å². The zero-order valence-corrected chi connectivity index (χ0v) is 20.5. The Morgan fingerprint density at radius 3 is 2.25 bits per heavy atom. The number of epoxide rings is 1. The highest BCUT2D eigenvalue weighted by atomic mass is 28.4. The van der Waals surface area contributed by atoms with Crippen LogP contribution in [-0.4, -0.2) is 43.5 Å². The third kappa shape index (κ3) is 5.25. The molecule has 1 saturated heterocycles. The smallest absolute Gasteiger partial charge is 0.317 e. The molecule has 28 heavy (non-hydrogen) atoms. The highest BCUT2D eigenvalue weighted by Crippen LogP contribution is 2.47. The van der Waals surface area contributed by atoms with Crippen molar-refractivity contribution in [2.45, 2.75) is 116 Å². The summed E-state index contributed by atoms with van der Waals surface area (Å²) >= 11 is 0. The molecule has 0 aromatic heterocycles. The van der Waals surface area contributed by atoms with Crippen molar-refractivity contribution in [1.82, 2.24) is 0 Å². The van der Waals surface area contributed by atoms with Crippen molar-refractivity contribution < 1.29 is 23.5 Å². The number of Topliss-reactive ketones (excluding diaryl/α,β-unsaturated/α-hetero) is 1. The third-order valence-electron chi connectivity index (χ3n) is 6.70. The molecule has 5 atom stereocenters. The first-order valence-electron chi connectivity index (χ1n) is 10.6. The van der Waals surface area contributed by atoms with E-state index in [9.17, 15) is 9.59 Å². The molecule has 2 rings (SSSR count). The summed E-state index contributed by atoms with van der Waals surface area (Å²) in [5.74, 6) is -1.63. The fraction of sp³-hybridized carbons (Fsp3) is 0.909. The van der Waals surface area contributed by atoms with E-state index in [0.29, 0.717) is 6.42 Å². The van der Waals surface area contributed by atoms with Crippen molar-refractivity contribution in [3.8, 4) is 0 Å². The Morgan fingerprint density at radius 1 is 1.18 bits per heavy atom. The van der Waals surface area contributed by atoms with Gasteiger partial charge in [0.2, 0.25) is 0 Å². The summed E-state index contributed by atoms with van der Waals surface area (Å²) in [7, 11) is -2.05. The van der Waals surface area contributed by atoms with Gasteiger partial charge in [0.05, 0.1) is 17.8 Å². The maximum absolute atomic E-state index is 13.4. The van der Waals surface area contributed by atoms with E-state index in [-0.39, 0.29) is 34.5 Å². The van der Waals surface area contributed by atoms with E-state index in [1.54, 1.807) is 0 Å². The van der Waals surface area contributed by atoms with E-state index in [2.05, 4.69) is 40.8 Å². The first-order valence-corrected chi connectivity index (χ1v) is 13.5. The summed E-state index contributed by atoms with van der Waals surface area (Å²) < 4.78 is 18.2. The first-order chi connectivity index (χ1) is 12.5. The van der Waals surface area contributed by atoms with Crippen LogP contribution in [0.4, 0.5) is 0 Å². The maximum Gasteiger partial charge on any atom is 0.317 e. The summed E-state index contributed by atoms with van der Waals surface area (Å²) in [6, 6.07) is 0. The lowest BCUT2D eigenvalue weighted by atomic mass is 9.87. The van der Waals surface area contributed by atoms with Crippen LogP contribution in [0.15, 0.2) is 0 Å². The summed E-state index contributed by atoms with van der Waals surface area (Å²) in [6.07, 6.45) is 1.76. The van der Waals surface area contributed by atoms with Gasteiger partial charge in [-0.2, -0.15) is 0 Å². The van der Waals surface area contributed by atoms with Crippen molar-refractivity contribution in [2.75, 3.05) is 0 Å². The Hall–Kier alpha value is -0.723. The molecule has 1 heterocycles. The van der Waals surface area contributed by atoms with Crippen LogP contribution in [0.3, 0.4) is 0 Å². The largest absolute Gasteiger partial charge is 0.459 e. The van der Waals surface area contributed by atoms with Crippen LogP contribution in [0.25, 0.3) is 0 Å². The van der Waals surface area contributed by atoms with Gasteiger partial charge in [-0.05, 0) is 65.1 Å². The van der Waals surface area contributed by atoms with Crippen molar-refractivity contribution in [1.29, 1.82) is 0 Å². The molecule has 0 aromatic carbocycles.